The van der Waals surface area contributed by atoms with Crippen LogP contribution in [0.3, 0.4) is 0 Å². The van der Waals surface area contributed by atoms with Crippen molar-refractivity contribution in [1.29, 1.82) is 0 Å². The Hall–Kier alpha value is -5.32. The van der Waals surface area contributed by atoms with Gasteiger partial charge in [0.1, 0.15) is 0 Å². The van der Waals surface area contributed by atoms with Crippen LogP contribution in [0.2, 0.25) is 0 Å². The van der Waals surface area contributed by atoms with Crippen LogP contribution in [0, 0.1) is 0 Å². The number of nitrogens with one attached hydrogen (secondary N) is 2. The molecule has 12 heteroatoms. The van der Waals surface area contributed by atoms with Crippen molar-refractivity contribution in [1.82, 2.24) is 0 Å². The Kier molecular flexibility index (Phi) is 9.38. The Morgan fingerprint density at radius 1 is 0.479 bits per heavy atom. The lowest BCUT2D eigenvalue weighted by molar-refractivity contribution is 0.0978. The topological polar surface area (TPSA) is 145 Å². The molecule has 0 bridgehead atoms. The van der Waals surface area contributed by atoms with E-state index in [4.69, 9.17) is 32.7 Å². The minimum Gasteiger partial charge on any atom is -0.449 e. The SMILES string of the molecule is O=C(Nc1ccc(-c2ccc(NC(=O)OCCCCl)c3c2C(=O)c2ccccc2C3=O)c2c1C(=O)c1ccccc1C2=O)OCCCCl. The number of anilines is 2. The third kappa shape index (κ3) is 5.85. The third-order valence-corrected chi connectivity index (χ3v) is 8.47. The molecule has 0 spiro atoms. The van der Waals surface area contributed by atoms with Gasteiger partial charge in [0.05, 0.1) is 35.7 Å². The molecule has 0 aliphatic heterocycles. The van der Waals surface area contributed by atoms with Crippen molar-refractivity contribution in [2.45, 2.75) is 12.8 Å². The van der Waals surface area contributed by atoms with Crippen LogP contribution in [0.15, 0.2) is 72.8 Å². The van der Waals surface area contributed by atoms with Crippen molar-refractivity contribution >= 4 is 69.9 Å². The molecule has 2 amide bonds. The summed E-state index contributed by atoms with van der Waals surface area (Å²) in [5, 5.41) is 5.13. The van der Waals surface area contributed by atoms with Crippen LogP contribution in [-0.2, 0) is 9.47 Å². The van der Waals surface area contributed by atoms with Crippen molar-refractivity contribution in [2.24, 2.45) is 0 Å². The number of hydrogen-bond acceptors (Lipinski definition) is 8. The number of benzene rings is 4. The molecule has 0 saturated carbocycles. The van der Waals surface area contributed by atoms with Crippen LogP contribution in [0.5, 0.6) is 0 Å². The van der Waals surface area contributed by atoms with Gasteiger partial charge in [-0.05, 0) is 36.1 Å². The van der Waals surface area contributed by atoms with Gasteiger partial charge in [-0.25, -0.2) is 9.59 Å². The predicted octanol–water partition coefficient (Wildman–Crippen LogP) is 7.26. The molecule has 48 heavy (non-hydrogen) atoms. The van der Waals surface area contributed by atoms with Gasteiger partial charge in [0.15, 0.2) is 23.1 Å². The zero-order valence-electron chi connectivity index (χ0n) is 25.2. The van der Waals surface area contributed by atoms with Crippen LogP contribution in [0.1, 0.15) is 76.5 Å². The maximum atomic E-state index is 14.2. The van der Waals surface area contributed by atoms with Crippen molar-refractivity contribution in [3.05, 3.63) is 117 Å². The summed E-state index contributed by atoms with van der Waals surface area (Å²) < 4.78 is 10.3. The van der Waals surface area contributed by atoms with Crippen LogP contribution >= 0.6 is 23.2 Å². The van der Waals surface area contributed by atoms with E-state index in [1.165, 1.54) is 48.5 Å². The number of amides is 2. The van der Waals surface area contributed by atoms with Gasteiger partial charge in [-0.15, -0.1) is 23.2 Å². The molecule has 0 heterocycles. The lowest BCUT2D eigenvalue weighted by Crippen LogP contribution is -2.27. The highest BCUT2D eigenvalue weighted by Crippen LogP contribution is 2.43. The van der Waals surface area contributed by atoms with E-state index in [-0.39, 0.29) is 92.0 Å². The average molecular weight is 686 g/mol. The molecular weight excluding hydrogens is 659 g/mol. The molecule has 2 aliphatic carbocycles. The fraction of sp³-hybridized carbons (Fsp3) is 0.167. The zero-order valence-corrected chi connectivity index (χ0v) is 26.7. The first-order valence-corrected chi connectivity index (χ1v) is 16.0. The molecule has 4 aromatic rings. The number of alkyl halides is 2. The molecule has 0 radical (unpaired) electrons. The highest BCUT2D eigenvalue weighted by atomic mass is 35.5. The number of ketones is 4. The molecule has 0 saturated heterocycles. The minimum absolute atomic E-state index is 0.0251. The molecule has 4 aromatic carbocycles. The maximum absolute atomic E-state index is 14.2. The van der Waals surface area contributed by atoms with Gasteiger partial charge in [-0.3, -0.25) is 29.8 Å². The van der Waals surface area contributed by atoms with Crippen molar-refractivity contribution in [2.75, 3.05) is 35.6 Å². The smallest absolute Gasteiger partial charge is 0.411 e. The zero-order chi connectivity index (χ0) is 33.9. The predicted molar refractivity (Wildman–Crippen MR) is 179 cm³/mol. The summed E-state index contributed by atoms with van der Waals surface area (Å²) in [6.45, 7) is 0.0748. The first kappa shape index (κ1) is 32.6. The van der Waals surface area contributed by atoms with E-state index in [0.717, 1.165) is 0 Å². The number of carbonyl (C=O) groups excluding carboxylic acids is 6. The molecule has 242 valence electrons. The molecule has 0 fully saturated rings. The summed E-state index contributed by atoms with van der Waals surface area (Å²) in [5.74, 6) is -1.55. The quantitative estimate of drug-likeness (QED) is 0.120. The molecule has 6 rings (SSSR count). The largest absolute Gasteiger partial charge is 0.449 e. The number of hydrogen-bond donors (Lipinski definition) is 2. The van der Waals surface area contributed by atoms with Crippen LogP contribution < -0.4 is 10.6 Å². The number of ether oxygens (including phenoxy) is 2. The van der Waals surface area contributed by atoms with E-state index in [0.29, 0.717) is 12.8 Å². The van der Waals surface area contributed by atoms with Crippen LogP contribution in [0.4, 0.5) is 21.0 Å². The fourth-order valence-electron chi connectivity index (χ4n) is 5.83. The average Bonchev–Trinajstić information content (AvgIpc) is 3.09. The van der Waals surface area contributed by atoms with Gasteiger partial charge < -0.3 is 9.47 Å². The van der Waals surface area contributed by atoms with Crippen molar-refractivity contribution < 1.29 is 38.2 Å². The third-order valence-electron chi connectivity index (χ3n) is 7.94. The Morgan fingerprint density at radius 2 is 0.812 bits per heavy atom. The van der Waals surface area contributed by atoms with E-state index >= 15 is 0 Å². The lowest BCUT2D eigenvalue weighted by atomic mass is 9.75. The molecular formula is C36H26Cl2N2O8. The molecule has 2 N–H and O–H groups in total. The second kappa shape index (κ2) is 13.8. The van der Waals surface area contributed by atoms with Gasteiger partial charge in [-0.1, -0.05) is 60.7 Å². The normalized spacial score (nSPS) is 12.8. The van der Waals surface area contributed by atoms with E-state index in [1.807, 2.05) is 0 Å². The minimum atomic E-state index is -0.850. The molecule has 2 aliphatic rings. The van der Waals surface area contributed by atoms with E-state index in [9.17, 15) is 28.8 Å². The van der Waals surface area contributed by atoms with E-state index < -0.39 is 35.3 Å². The second-order valence-corrected chi connectivity index (χ2v) is 11.6. The summed E-state index contributed by atoms with van der Waals surface area (Å²) in [7, 11) is 0. The maximum Gasteiger partial charge on any atom is 0.411 e. The first-order valence-electron chi connectivity index (χ1n) is 15.0. The Balaban J connectivity index is 1.55. The monoisotopic (exact) mass is 684 g/mol. The van der Waals surface area contributed by atoms with Crippen LogP contribution in [0.25, 0.3) is 11.1 Å². The van der Waals surface area contributed by atoms with E-state index in [1.54, 1.807) is 24.3 Å². The molecule has 0 unspecified atom stereocenters. The number of fused-ring (bicyclic) bond motifs is 4. The van der Waals surface area contributed by atoms with Gasteiger partial charge in [-0.2, -0.15) is 0 Å². The Morgan fingerprint density at radius 3 is 1.15 bits per heavy atom. The van der Waals surface area contributed by atoms with Gasteiger partial charge in [0.25, 0.3) is 0 Å². The highest BCUT2D eigenvalue weighted by molar-refractivity contribution is 6.35. The number of carbonyl (C=O) groups is 6. The van der Waals surface area contributed by atoms with Crippen LogP contribution in [-0.4, -0.2) is 60.3 Å². The summed E-state index contributed by atoms with van der Waals surface area (Å²) >= 11 is 11.4. The fourth-order valence-corrected chi connectivity index (χ4v) is 6.05. The number of rotatable bonds is 9. The Bertz CT molecular complexity index is 1900. The first-order chi connectivity index (χ1) is 23.3. The van der Waals surface area contributed by atoms with Gasteiger partial charge >= 0.3 is 12.2 Å². The van der Waals surface area contributed by atoms with Crippen molar-refractivity contribution in [3.63, 3.8) is 0 Å². The van der Waals surface area contributed by atoms with E-state index in [2.05, 4.69) is 10.6 Å². The molecule has 10 nitrogen and oxygen atoms in total. The van der Waals surface area contributed by atoms with Gasteiger partial charge in [0, 0.05) is 45.1 Å². The standard InChI is InChI=1S/C36H26Cl2N2O8/c37-15-5-17-47-35(45)39-25-13-11-19(27-29(25)33(43)23-9-3-1-7-21(23)31(27)41)20-12-14-26(40-36(46)48-18-6-16-38)30-28(20)32(42)22-8-2-4-10-24(22)34(30)44/h1-4,7-14H,5-6,15-18H2,(H,39,45)(H,40,46). The molecule has 0 aromatic heterocycles. The van der Waals surface area contributed by atoms with Gasteiger partial charge in [0.2, 0.25) is 0 Å². The second-order valence-electron chi connectivity index (χ2n) is 10.8. The lowest BCUT2D eigenvalue weighted by Gasteiger charge is -2.26. The van der Waals surface area contributed by atoms with Crippen molar-refractivity contribution in [3.8, 4) is 11.1 Å². The molecule has 0 atom stereocenters. The summed E-state index contributed by atoms with van der Waals surface area (Å²) in [6, 6.07) is 18.4. The summed E-state index contributed by atoms with van der Waals surface area (Å²) in [5.41, 5.74) is 0.613. The number of halogens is 2. The highest BCUT2D eigenvalue weighted by Gasteiger charge is 2.38. The Labute approximate surface area is 284 Å². The summed E-state index contributed by atoms with van der Waals surface area (Å²) in [6.07, 6.45) is -0.878. The summed E-state index contributed by atoms with van der Waals surface area (Å²) in [4.78, 5) is 81.7.